The van der Waals surface area contributed by atoms with E-state index in [0.29, 0.717) is 12.1 Å². The van der Waals surface area contributed by atoms with E-state index in [-0.39, 0.29) is 5.76 Å². The Balaban J connectivity index is 1.76. The quantitative estimate of drug-likeness (QED) is 0.591. The van der Waals surface area contributed by atoms with E-state index in [1.54, 1.807) is 22.4 Å². The zero-order chi connectivity index (χ0) is 13.9. The van der Waals surface area contributed by atoms with Crippen molar-refractivity contribution in [3.05, 3.63) is 59.1 Å². The van der Waals surface area contributed by atoms with E-state index in [1.165, 1.54) is 0 Å². The van der Waals surface area contributed by atoms with Crippen LogP contribution in [-0.4, -0.2) is 10.3 Å². The van der Waals surface area contributed by atoms with Crippen LogP contribution >= 0.6 is 11.8 Å². The van der Waals surface area contributed by atoms with Gasteiger partial charge < -0.3 is 10.2 Å². The lowest BCUT2D eigenvalue weighted by Crippen LogP contribution is -2.15. The molecule has 0 unspecified atom stereocenters. The minimum Gasteiger partial charge on any atom is -0.408 e. The first-order valence-electron chi connectivity index (χ1n) is 6.31. The molecule has 0 aliphatic heterocycles. The van der Waals surface area contributed by atoms with Crippen LogP contribution in [0.4, 0.5) is 5.69 Å². The lowest BCUT2D eigenvalue weighted by molar-refractivity contribution is 0.514. The van der Waals surface area contributed by atoms with Crippen molar-refractivity contribution in [2.75, 3.05) is 11.5 Å². The summed E-state index contributed by atoms with van der Waals surface area (Å²) in [4.78, 5) is 12.8. The Labute approximate surface area is 120 Å². The average molecular weight is 286 g/mol. The van der Waals surface area contributed by atoms with Crippen LogP contribution in [0, 0.1) is 0 Å². The van der Waals surface area contributed by atoms with E-state index in [9.17, 15) is 4.79 Å². The highest BCUT2D eigenvalue weighted by Crippen LogP contribution is 2.24. The van der Waals surface area contributed by atoms with Gasteiger partial charge >= 0.3 is 5.76 Å². The van der Waals surface area contributed by atoms with Crippen LogP contribution in [-0.2, 0) is 6.54 Å². The van der Waals surface area contributed by atoms with Crippen molar-refractivity contribution < 1.29 is 4.42 Å². The number of nitrogens with zero attached hydrogens (tertiary/aromatic N) is 1. The summed E-state index contributed by atoms with van der Waals surface area (Å²) >= 11 is 1.64. The molecule has 0 atom stereocenters. The molecule has 1 aromatic heterocycles. The molecule has 0 aliphatic carbocycles. The molecule has 4 nitrogen and oxygen atoms in total. The van der Waals surface area contributed by atoms with Crippen LogP contribution in [0.1, 0.15) is 0 Å². The van der Waals surface area contributed by atoms with Crippen molar-refractivity contribution in [2.24, 2.45) is 0 Å². The van der Waals surface area contributed by atoms with E-state index in [4.69, 9.17) is 10.2 Å². The van der Waals surface area contributed by atoms with Crippen molar-refractivity contribution in [1.82, 2.24) is 4.57 Å². The summed E-state index contributed by atoms with van der Waals surface area (Å²) in [5.74, 6) is 0.449. The van der Waals surface area contributed by atoms with Gasteiger partial charge in [-0.1, -0.05) is 24.3 Å². The summed E-state index contributed by atoms with van der Waals surface area (Å²) in [7, 11) is 0. The molecule has 0 aliphatic rings. The summed E-state index contributed by atoms with van der Waals surface area (Å²) in [5, 5.41) is 0. The predicted molar refractivity (Wildman–Crippen MR) is 82.1 cm³/mol. The summed E-state index contributed by atoms with van der Waals surface area (Å²) in [6.45, 7) is 0.592. The number of para-hydroxylation sites is 3. The molecule has 3 aromatic rings. The Kier molecular flexibility index (Phi) is 3.52. The molecule has 0 spiro atoms. The largest absolute Gasteiger partial charge is 0.419 e. The molecule has 102 valence electrons. The molecule has 2 aromatic carbocycles. The smallest absolute Gasteiger partial charge is 0.408 e. The highest BCUT2D eigenvalue weighted by atomic mass is 32.2. The molecular formula is C15H14N2O2S. The van der Waals surface area contributed by atoms with E-state index in [0.717, 1.165) is 21.9 Å². The van der Waals surface area contributed by atoms with Gasteiger partial charge in [0, 0.05) is 22.9 Å². The van der Waals surface area contributed by atoms with Gasteiger partial charge in [-0.25, -0.2) is 4.79 Å². The van der Waals surface area contributed by atoms with Gasteiger partial charge in [-0.3, -0.25) is 4.57 Å². The van der Waals surface area contributed by atoms with Crippen LogP contribution in [0.2, 0.25) is 0 Å². The first kappa shape index (κ1) is 12.9. The number of aromatic nitrogens is 1. The number of oxazole rings is 1. The maximum atomic E-state index is 11.8. The van der Waals surface area contributed by atoms with E-state index >= 15 is 0 Å². The number of nitrogens with two attached hydrogens (primary N) is 1. The van der Waals surface area contributed by atoms with Crippen molar-refractivity contribution in [3.8, 4) is 0 Å². The SMILES string of the molecule is Nc1ccccc1SCCn1c(=O)oc2ccccc21. The Hall–Kier alpha value is -2.14. The molecule has 1 heterocycles. The van der Waals surface area contributed by atoms with Gasteiger partial charge in [0.2, 0.25) is 0 Å². The summed E-state index contributed by atoms with van der Waals surface area (Å²) in [6.07, 6.45) is 0. The number of benzene rings is 2. The summed E-state index contributed by atoms with van der Waals surface area (Å²) < 4.78 is 6.85. The van der Waals surface area contributed by atoms with E-state index in [1.807, 2.05) is 42.5 Å². The minimum absolute atomic E-state index is 0.312. The van der Waals surface area contributed by atoms with Crippen molar-refractivity contribution in [1.29, 1.82) is 0 Å². The number of fused-ring (bicyclic) bond motifs is 1. The minimum atomic E-state index is -0.312. The Bertz CT molecular complexity index is 792. The van der Waals surface area contributed by atoms with Gasteiger partial charge in [0.25, 0.3) is 0 Å². The third-order valence-electron chi connectivity index (χ3n) is 3.07. The van der Waals surface area contributed by atoms with Crippen LogP contribution in [0.3, 0.4) is 0 Å². The van der Waals surface area contributed by atoms with Gasteiger partial charge in [-0.15, -0.1) is 11.8 Å². The molecule has 0 radical (unpaired) electrons. The number of hydrogen-bond acceptors (Lipinski definition) is 4. The monoisotopic (exact) mass is 286 g/mol. The second-order valence-electron chi connectivity index (χ2n) is 4.37. The van der Waals surface area contributed by atoms with Gasteiger partial charge in [0.15, 0.2) is 5.58 Å². The predicted octanol–water partition coefficient (Wildman–Crippen LogP) is 2.97. The zero-order valence-corrected chi connectivity index (χ0v) is 11.6. The molecule has 0 fully saturated rings. The van der Waals surface area contributed by atoms with Crippen molar-refractivity contribution in [2.45, 2.75) is 11.4 Å². The number of nitrogen functional groups attached to an aromatic ring is 1. The van der Waals surface area contributed by atoms with Crippen molar-refractivity contribution in [3.63, 3.8) is 0 Å². The number of aryl methyl sites for hydroxylation is 1. The second kappa shape index (κ2) is 5.46. The second-order valence-corrected chi connectivity index (χ2v) is 5.51. The molecular weight excluding hydrogens is 272 g/mol. The first-order valence-corrected chi connectivity index (χ1v) is 7.30. The fourth-order valence-corrected chi connectivity index (χ4v) is 2.99. The molecule has 0 saturated carbocycles. The standard InChI is InChI=1S/C15H14N2O2S/c16-11-5-1-4-8-14(11)20-10-9-17-12-6-2-3-7-13(12)19-15(17)18/h1-8H,9-10,16H2. The zero-order valence-electron chi connectivity index (χ0n) is 10.8. The van der Waals surface area contributed by atoms with Gasteiger partial charge in [-0.05, 0) is 24.3 Å². The highest BCUT2D eigenvalue weighted by molar-refractivity contribution is 7.99. The number of anilines is 1. The Morgan fingerprint density at radius 1 is 1.10 bits per heavy atom. The molecule has 0 bridgehead atoms. The summed E-state index contributed by atoms with van der Waals surface area (Å²) in [5.41, 5.74) is 8.12. The molecule has 20 heavy (non-hydrogen) atoms. The number of rotatable bonds is 4. The molecule has 2 N–H and O–H groups in total. The third kappa shape index (κ3) is 2.44. The normalized spacial score (nSPS) is 11.0. The number of hydrogen-bond donors (Lipinski definition) is 1. The molecule has 0 amide bonds. The van der Waals surface area contributed by atoms with Crippen LogP contribution in [0.5, 0.6) is 0 Å². The van der Waals surface area contributed by atoms with Gasteiger partial charge in [0.1, 0.15) is 0 Å². The van der Waals surface area contributed by atoms with E-state index < -0.39 is 0 Å². The Morgan fingerprint density at radius 2 is 1.85 bits per heavy atom. The fraction of sp³-hybridized carbons (Fsp3) is 0.133. The topological polar surface area (TPSA) is 61.2 Å². The molecule has 5 heteroatoms. The first-order chi connectivity index (χ1) is 9.75. The lowest BCUT2D eigenvalue weighted by atomic mass is 10.3. The number of thioether (sulfide) groups is 1. The van der Waals surface area contributed by atoms with Gasteiger partial charge in [-0.2, -0.15) is 0 Å². The third-order valence-corrected chi connectivity index (χ3v) is 4.13. The highest BCUT2D eigenvalue weighted by Gasteiger charge is 2.08. The maximum absolute atomic E-state index is 11.8. The maximum Gasteiger partial charge on any atom is 0.419 e. The molecule has 0 saturated heterocycles. The molecule has 3 rings (SSSR count). The van der Waals surface area contributed by atoms with E-state index in [2.05, 4.69) is 0 Å². The van der Waals surface area contributed by atoms with Gasteiger partial charge in [0.05, 0.1) is 5.52 Å². The van der Waals surface area contributed by atoms with Crippen LogP contribution < -0.4 is 11.5 Å². The average Bonchev–Trinajstić information content (AvgIpc) is 2.77. The fourth-order valence-electron chi connectivity index (χ4n) is 2.08. The van der Waals surface area contributed by atoms with Crippen LogP contribution in [0.15, 0.2) is 62.6 Å². The summed E-state index contributed by atoms with van der Waals surface area (Å²) in [6, 6.07) is 15.2. The van der Waals surface area contributed by atoms with Crippen molar-refractivity contribution >= 4 is 28.5 Å². The Morgan fingerprint density at radius 3 is 2.70 bits per heavy atom. The lowest BCUT2D eigenvalue weighted by Gasteiger charge is -2.05. The van der Waals surface area contributed by atoms with Crippen LogP contribution in [0.25, 0.3) is 11.1 Å².